The zero-order valence-corrected chi connectivity index (χ0v) is 10.8. The maximum absolute atomic E-state index is 13.9. The van der Waals surface area contributed by atoms with Gasteiger partial charge in [-0.05, 0) is 37.1 Å². The van der Waals surface area contributed by atoms with Gasteiger partial charge >= 0.3 is 0 Å². The largest absolute Gasteiger partial charge is 0.455 e. The normalized spacial score (nSPS) is 12.2. The summed E-state index contributed by atoms with van der Waals surface area (Å²) in [4.78, 5) is 3.97. The molecule has 0 bridgehead atoms. The number of pyridine rings is 1. The standard InChI is InChI=1S/C15H17FN2O/c1-2-11(17)9-13-14(16)6-3-7-15(13)19-12-5-4-8-18-10-12/h3-8,10-11H,2,9,17H2,1H3. The van der Waals surface area contributed by atoms with Gasteiger partial charge in [-0.25, -0.2) is 4.39 Å². The number of rotatable bonds is 5. The molecule has 100 valence electrons. The Kier molecular flexibility index (Phi) is 4.47. The second kappa shape index (κ2) is 6.29. The van der Waals surface area contributed by atoms with Crippen LogP contribution in [-0.4, -0.2) is 11.0 Å². The van der Waals surface area contributed by atoms with E-state index >= 15 is 0 Å². The number of hydrogen-bond donors (Lipinski definition) is 1. The Bertz CT molecular complexity index is 531. The SMILES string of the molecule is CCC(N)Cc1c(F)cccc1Oc1cccnc1. The third-order valence-electron chi connectivity index (χ3n) is 2.93. The molecular weight excluding hydrogens is 243 g/mol. The number of ether oxygens (including phenoxy) is 1. The molecule has 2 N–H and O–H groups in total. The van der Waals surface area contributed by atoms with Crippen molar-refractivity contribution < 1.29 is 9.13 Å². The first-order valence-corrected chi connectivity index (χ1v) is 6.31. The summed E-state index contributed by atoms with van der Waals surface area (Å²) in [6.07, 6.45) is 4.50. The Morgan fingerprint density at radius 3 is 2.84 bits per heavy atom. The first-order chi connectivity index (χ1) is 9.20. The van der Waals surface area contributed by atoms with Gasteiger partial charge in [-0.15, -0.1) is 0 Å². The van der Waals surface area contributed by atoms with E-state index in [0.29, 0.717) is 23.5 Å². The van der Waals surface area contributed by atoms with Gasteiger partial charge in [0.1, 0.15) is 17.3 Å². The van der Waals surface area contributed by atoms with E-state index in [9.17, 15) is 4.39 Å². The predicted octanol–water partition coefficient (Wildman–Crippen LogP) is 3.29. The van der Waals surface area contributed by atoms with Gasteiger partial charge in [0, 0.05) is 17.8 Å². The molecule has 1 heterocycles. The van der Waals surface area contributed by atoms with Crippen molar-refractivity contribution in [3.63, 3.8) is 0 Å². The summed E-state index contributed by atoms with van der Waals surface area (Å²) in [5, 5.41) is 0. The van der Waals surface area contributed by atoms with Crippen LogP contribution in [0.2, 0.25) is 0 Å². The molecule has 0 saturated carbocycles. The van der Waals surface area contributed by atoms with Gasteiger partial charge < -0.3 is 10.5 Å². The quantitative estimate of drug-likeness (QED) is 0.897. The van der Waals surface area contributed by atoms with Crippen LogP contribution in [0.4, 0.5) is 4.39 Å². The van der Waals surface area contributed by atoms with Crippen LogP contribution in [-0.2, 0) is 6.42 Å². The number of halogens is 1. The molecule has 3 nitrogen and oxygen atoms in total. The van der Waals surface area contributed by atoms with E-state index in [4.69, 9.17) is 10.5 Å². The molecule has 0 saturated heterocycles. The highest BCUT2D eigenvalue weighted by atomic mass is 19.1. The molecule has 0 fully saturated rings. The summed E-state index contributed by atoms with van der Waals surface area (Å²) < 4.78 is 19.6. The average molecular weight is 260 g/mol. The van der Waals surface area contributed by atoms with Crippen molar-refractivity contribution in [3.8, 4) is 11.5 Å². The Balaban J connectivity index is 2.27. The molecule has 0 spiro atoms. The first kappa shape index (κ1) is 13.5. The maximum atomic E-state index is 13.9. The molecule has 19 heavy (non-hydrogen) atoms. The summed E-state index contributed by atoms with van der Waals surface area (Å²) in [6, 6.07) is 8.27. The van der Waals surface area contributed by atoms with Gasteiger partial charge in [0.25, 0.3) is 0 Å². The van der Waals surface area contributed by atoms with Crippen LogP contribution < -0.4 is 10.5 Å². The zero-order chi connectivity index (χ0) is 13.7. The fraction of sp³-hybridized carbons (Fsp3) is 0.267. The van der Waals surface area contributed by atoms with Crippen molar-refractivity contribution in [3.05, 3.63) is 54.1 Å². The van der Waals surface area contributed by atoms with Crippen LogP contribution in [0.15, 0.2) is 42.7 Å². The van der Waals surface area contributed by atoms with Crippen LogP contribution in [0.3, 0.4) is 0 Å². The summed E-state index contributed by atoms with van der Waals surface area (Å²) in [5.74, 6) is 0.793. The highest BCUT2D eigenvalue weighted by molar-refractivity contribution is 5.38. The molecule has 0 aliphatic heterocycles. The minimum atomic E-state index is -0.287. The lowest BCUT2D eigenvalue weighted by Crippen LogP contribution is -2.22. The van der Waals surface area contributed by atoms with Gasteiger partial charge in [0.05, 0.1) is 6.20 Å². The minimum absolute atomic E-state index is 0.0758. The lowest BCUT2D eigenvalue weighted by molar-refractivity contribution is 0.459. The molecule has 1 unspecified atom stereocenters. The Hall–Kier alpha value is -1.94. The van der Waals surface area contributed by atoms with Crippen LogP contribution in [0, 0.1) is 5.82 Å². The highest BCUT2D eigenvalue weighted by Gasteiger charge is 2.13. The third kappa shape index (κ3) is 3.51. The van der Waals surface area contributed by atoms with Gasteiger partial charge in [0.15, 0.2) is 0 Å². The molecule has 1 aromatic carbocycles. The number of nitrogens with zero attached hydrogens (tertiary/aromatic N) is 1. The van der Waals surface area contributed by atoms with Gasteiger partial charge in [-0.1, -0.05) is 13.0 Å². The number of aromatic nitrogens is 1. The van der Waals surface area contributed by atoms with E-state index in [1.165, 1.54) is 6.07 Å². The molecule has 0 radical (unpaired) electrons. The van der Waals surface area contributed by atoms with Crippen molar-refractivity contribution in [2.75, 3.05) is 0 Å². The maximum Gasteiger partial charge on any atom is 0.145 e. The van der Waals surface area contributed by atoms with Gasteiger partial charge in [-0.2, -0.15) is 0 Å². The average Bonchev–Trinajstić information content (AvgIpc) is 2.43. The molecule has 2 aromatic rings. The second-order valence-electron chi connectivity index (χ2n) is 4.38. The van der Waals surface area contributed by atoms with E-state index in [1.54, 1.807) is 36.7 Å². The monoisotopic (exact) mass is 260 g/mol. The topological polar surface area (TPSA) is 48.1 Å². The number of nitrogens with two attached hydrogens (primary N) is 1. The van der Waals surface area contributed by atoms with Crippen LogP contribution in [0.1, 0.15) is 18.9 Å². The summed E-state index contributed by atoms with van der Waals surface area (Å²) >= 11 is 0. The van der Waals surface area contributed by atoms with Crippen molar-refractivity contribution in [2.24, 2.45) is 5.73 Å². The van der Waals surface area contributed by atoms with Gasteiger partial charge in [0.2, 0.25) is 0 Å². The number of hydrogen-bond acceptors (Lipinski definition) is 3. The van der Waals surface area contributed by atoms with Crippen molar-refractivity contribution in [1.82, 2.24) is 4.98 Å². The smallest absolute Gasteiger partial charge is 0.145 e. The third-order valence-corrected chi connectivity index (χ3v) is 2.93. The van der Waals surface area contributed by atoms with E-state index in [-0.39, 0.29) is 11.9 Å². The molecule has 4 heteroatoms. The predicted molar refractivity (Wildman–Crippen MR) is 72.7 cm³/mol. The van der Waals surface area contributed by atoms with Crippen molar-refractivity contribution in [1.29, 1.82) is 0 Å². The summed E-state index contributed by atoms with van der Waals surface area (Å²) in [5.41, 5.74) is 6.42. The van der Waals surface area contributed by atoms with Crippen LogP contribution in [0.5, 0.6) is 11.5 Å². The Labute approximate surface area is 112 Å². The highest BCUT2D eigenvalue weighted by Crippen LogP contribution is 2.27. The van der Waals surface area contributed by atoms with Crippen LogP contribution >= 0.6 is 0 Å². The molecule has 0 aliphatic rings. The van der Waals surface area contributed by atoms with E-state index in [2.05, 4.69) is 4.98 Å². The lowest BCUT2D eigenvalue weighted by atomic mass is 10.0. The van der Waals surface area contributed by atoms with E-state index in [0.717, 1.165) is 6.42 Å². The Morgan fingerprint density at radius 2 is 2.16 bits per heavy atom. The molecule has 0 amide bonds. The number of benzene rings is 1. The zero-order valence-electron chi connectivity index (χ0n) is 10.8. The van der Waals surface area contributed by atoms with E-state index < -0.39 is 0 Å². The Morgan fingerprint density at radius 1 is 1.32 bits per heavy atom. The molecule has 2 rings (SSSR count). The fourth-order valence-corrected chi connectivity index (χ4v) is 1.77. The summed E-state index contributed by atoms with van der Waals surface area (Å²) in [6.45, 7) is 1.98. The molecule has 1 atom stereocenters. The van der Waals surface area contributed by atoms with E-state index in [1.807, 2.05) is 6.92 Å². The minimum Gasteiger partial charge on any atom is -0.455 e. The molecular formula is C15H17FN2O. The summed E-state index contributed by atoms with van der Waals surface area (Å²) in [7, 11) is 0. The second-order valence-corrected chi connectivity index (χ2v) is 4.38. The first-order valence-electron chi connectivity index (χ1n) is 6.31. The van der Waals surface area contributed by atoms with Gasteiger partial charge in [-0.3, -0.25) is 4.98 Å². The fourth-order valence-electron chi connectivity index (χ4n) is 1.77. The molecule has 1 aromatic heterocycles. The molecule has 0 aliphatic carbocycles. The lowest BCUT2D eigenvalue weighted by Gasteiger charge is -2.14. The van der Waals surface area contributed by atoms with Crippen LogP contribution in [0.25, 0.3) is 0 Å². The van der Waals surface area contributed by atoms with Crippen molar-refractivity contribution in [2.45, 2.75) is 25.8 Å². The van der Waals surface area contributed by atoms with Crippen molar-refractivity contribution >= 4 is 0 Å².